The molecule has 0 aliphatic carbocycles. The van der Waals surface area contributed by atoms with Crippen molar-refractivity contribution in [3.05, 3.63) is 0 Å². The van der Waals surface area contributed by atoms with E-state index >= 15 is 0 Å². The summed E-state index contributed by atoms with van der Waals surface area (Å²) in [6.07, 6.45) is 6.31. The molecule has 0 aromatic heterocycles. The molecule has 2 rings (SSSR count). The summed E-state index contributed by atoms with van der Waals surface area (Å²) in [5.74, 6) is 0. The van der Waals surface area contributed by atoms with E-state index in [1.807, 2.05) is 0 Å². The van der Waals surface area contributed by atoms with Gasteiger partial charge in [-0.3, -0.25) is 4.90 Å². The molecule has 118 valence electrons. The zero-order valence-corrected chi connectivity index (χ0v) is 13.4. The fourth-order valence-corrected chi connectivity index (χ4v) is 3.83. The zero-order valence-electron chi connectivity index (χ0n) is 13.4. The van der Waals surface area contributed by atoms with E-state index in [9.17, 15) is 0 Å². The average Bonchev–Trinajstić information content (AvgIpc) is 2.47. The molecule has 0 aromatic rings. The molecule has 2 heterocycles. The normalized spacial score (nSPS) is 39.9. The van der Waals surface area contributed by atoms with Crippen molar-refractivity contribution in [3.8, 4) is 0 Å². The van der Waals surface area contributed by atoms with Crippen molar-refractivity contribution in [2.24, 2.45) is 5.73 Å². The van der Waals surface area contributed by atoms with E-state index in [2.05, 4.69) is 25.7 Å². The molecule has 4 atom stereocenters. The molecule has 0 radical (unpaired) electrons. The van der Waals surface area contributed by atoms with Gasteiger partial charge in [0.25, 0.3) is 0 Å². The van der Waals surface area contributed by atoms with Gasteiger partial charge in [0.15, 0.2) is 0 Å². The third-order valence-corrected chi connectivity index (χ3v) is 5.07. The number of ether oxygens (including phenoxy) is 2. The number of nitrogens with two attached hydrogens (primary N) is 1. The lowest BCUT2D eigenvalue weighted by Gasteiger charge is -2.53. The number of nitrogens with zero attached hydrogens (tertiary/aromatic N) is 1. The van der Waals surface area contributed by atoms with Crippen LogP contribution in [0.15, 0.2) is 0 Å². The standard InChI is InChI=1S/C16H32N2O2/c1-4-6-15-9-16(12-17,7-8-19-15)18-10-13(3)20-11-14(18)5-2/h13-15H,4-12,17H2,1-3H3. The molecule has 4 heteroatoms. The van der Waals surface area contributed by atoms with Gasteiger partial charge in [0, 0.05) is 31.3 Å². The van der Waals surface area contributed by atoms with Gasteiger partial charge in [-0.2, -0.15) is 0 Å². The molecule has 2 aliphatic rings. The maximum absolute atomic E-state index is 6.25. The highest BCUT2D eigenvalue weighted by atomic mass is 16.5. The number of rotatable bonds is 5. The minimum atomic E-state index is 0.122. The highest BCUT2D eigenvalue weighted by molar-refractivity contribution is 5.00. The Bertz CT molecular complexity index is 298. The minimum absolute atomic E-state index is 0.122. The lowest BCUT2D eigenvalue weighted by atomic mass is 9.81. The van der Waals surface area contributed by atoms with E-state index in [0.29, 0.717) is 18.2 Å². The van der Waals surface area contributed by atoms with Gasteiger partial charge in [-0.25, -0.2) is 0 Å². The lowest BCUT2D eigenvalue weighted by molar-refractivity contribution is -0.139. The Morgan fingerprint density at radius 3 is 2.75 bits per heavy atom. The monoisotopic (exact) mass is 284 g/mol. The third kappa shape index (κ3) is 3.35. The fraction of sp³-hybridized carbons (Fsp3) is 1.00. The largest absolute Gasteiger partial charge is 0.378 e. The molecule has 4 nitrogen and oxygen atoms in total. The SMILES string of the molecule is CCCC1CC(CN)(N2CC(C)OCC2CC)CCO1. The van der Waals surface area contributed by atoms with Crippen LogP contribution >= 0.6 is 0 Å². The average molecular weight is 284 g/mol. The first-order valence-electron chi connectivity index (χ1n) is 8.35. The summed E-state index contributed by atoms with van der Waals surface area (Å²) in [6.45, 7) is 10.1. The molecule has 2 saturated heterocycles. The van der Waals surface area contributed by atoms with Crippen molar-refractivity contribution < 1.29 is 9.47 Å². The molecule has 2 fully saturated rings. The topological polar surface area (TPSA) is 47.7 Å². The van der Waals surface area contributed by atoms with Crippen molar-refractivity contribution in [2.75, 3.05) is 26.3 Å². The van der Waals surface area contributed by atoms with Crippen LogP contribution in [-0.2, 0) is 9.47 Å². The zero-order chi connectivity index (χ0) is 14.6. The van der Waals surface area contributed by atoms with Gasteiger partial charge in [-0.05, 0) is 32.6 Å². The molecule has 0 amide bonds. The van der Waals surface area contributed by atoms with E-state index < -0.39 is 0 Å². The maximum atomic E-state index is 6.25. The number of hydrogen-bond acceptors (Lipinski definition) is 4. The van der Waals surface area contributed by atoms with Crippen molar-refractivity contribution >= 4 is 0 Å². The Kier molecular flexibility index (Phi) is 5.84. The first-order valence-corrected chi connectivity index (χ1v) is 8.35. The molecule has 4 unspecified atom stereocenters. The van der Waals surface area contributed by atoms with E-state index in [1.54, 1.807) is 0 Å². The van der Waals surface area contributed by atoms with Crippen LogP contribution in [0.5, 0.6) is 0 Å². The second-order valence-corrected chi connectivity index (χ2v) is 6.52. The van der Waals surface area contributed by atoms with Gasteiger partial charge in [0.2, 0.25) is 0 Å². The number of morpholine rings is 1. The van der Waals surface area contributed by atoms with Crippen LogP contribution in [0.4, 0.5) is 0 Å². The second-order valence-electron chi connectivity index (χ2n) is 6.52. The molecule has 0 spiro atoms. The van der Waals surface area contributed by atoms with Crippen LogP contribution < -0.4 is 5.73 Å². The van der Waals surface area contributed by atoms with Crippen LogP contribution in [-0.4, -0.2) is 55.0 Å². The summed E-state index contributed by atoms with van der Waals surface area (Å²) in [7, 11) is 0. The van der Waals surface area contributed by atoms with Crippen molar-refractivity contribution in [1.82, 2.24) is 4.90 Å². The van der Waals surface area contributed by atoms with Gasteiger partial charge < -0.3 is 15.2 Å². The Morgan fingerprint density at radius 2 is 2.10 bits per heavy atom. The summed E-state index contributed by atoms with van der Waals surface area (Å²) < 4.78 is 11.8. The molecule has 2 aliphatic heterocycles. The van der Waals surface area contributed by atoms with Gasteiger partial charge >= 0.3 is 0 Å². The number of hydrogen-bond donors (Lipinski definition) is 1. The van der Waals surface area contributed by atoms with Gasteiger partial charge in [0.05, 0.1) is 18.8 Å². The highest BCUT2D eigenvalue weighted by Gasteiger charge is 2.45. The molecule has 2 N–H and O–H groups in total. The van der Waals surface area contributed by atoms with Gasteiger partial charge in [-0.1, -0.05) is 20.3 Å². The third-order valence-electron chi connectivity index (χ3n) is 5.07. The van der Waals surface area contributed by atoms with Crippen molar-refractivity contribution in [3.63, 3.8) is 0 Å². The molecule has 0 bridgehead atoms. The first-order chi connectivity index (χ1) is 9.65. The quantitative estimate of drug-likeness (QED) is 0.840. The Balaban J connectivity index is 2.14. The molecular weight excluding hydrogens is 252 g/mol. The van der Waals surface area contributed by atoms with Gasteiger partial charge in [0.1, 0.15) is 0 Å². The predicted octanol–water partition coefficient (Wildman–Crippen LogP) is 2.16. The summed E-state index contributed by atoms with van der Waals surface area (Å²) in [5.41, 5.74) is 6.37. The summed E-state index contributed by atoms with van der Waals surface area (Å²) >= 11 is 0. The fourth-order valence-electron chi connectivity index (χ4n) is 3.83. The first kappa shape index (κ1) is 16.2. The van der Waals surface area contributed by atoms with Crippen LogP contribution in [0.1, 0.15) is 52.9 Å². The summed E-state index contributed by atoms with van der Waals surface area (Å²) in [5, 5.41) is 0. The second kappa shape index (κ2) is 7.21. The van der Waals surface area contributed by atoms with Gasteiger partial charge in [-0.15, -0.1) is 0 Å². The summed E-state index contributed by atoms with van der Waals surface area (Å²) in [6, 6.07) is 0.509. The Hall–Kier alpha value is -0.160. The van der Waals surface area contributed by atoms with E-state index in [0.717, 1.165) is 52.0 Å². The summed E-state index contributed by atoms with van der Waals surface area (Å²) in [4.78, 5) is 2.66. The Morgan fingerprint density at radius 1 is 1.30 bits per heavy atom. The Labute approximate surface area is 124 Å². The smallest absolute Gasteiger partial charge is 0.0675 e. The van der Waals surface area contributed by atoms with E-state index in [4.69, 9.17) is 15.2 Å². The molecule has 20 heavy (non-hydrogen) atoms. The minimum Gasteiger partial charge on any atom is -0.378 e. The van der Waals surface area contributed by atoms with Crippen LogP contribution in [0, 0.1) is 0 Å². The van der Waals surface area contributed by atoms with Crippen LogP contribution in [0.25, 0.3) is 0 Å². The molecule has 0 aromatic carbocycles. The van der Waals surface area contributed by atoms with Crippen LogP contribution in [0.3, 0.4) is 0 Å². The molecule has 0 saturated carbocycles. The van der Waals surface area contributed by atoms with E-state index in [-0.39, 0.29) is 5.54 Å². The highest BCUT2D eigenvalue weighted by Crippen LogP contribution is 2.35. The molecular formula is C16H32N2O2. The predicted molar refractivity (Wildman–Crippen MR) is 81.9 cm³/mol. The maximum Gasteiger partial charge on any atom is 0.0675 e. The van der Waals surface area contributed by atoms with Crippen molar-refractivity contribution in [1.29, 1.82) is 0 Å². The lowest BCUT2D eigenvalue weighted by Crippen LogP contribution is -2.65. The van der Waals surface area contributed by atoms with Crippen molar-refractivity contribution in [2.45, 2.75) is 76.7 Å². The van der Waals surface area contributed by atoms with Crippen LogP contribution in [0.2, 0.25) is 0 Å². The van der Waals surface area contributed by atoms with E-state index in [1.165, 1.54) is 6.42 Å².